The van der Waals surface area contributed by atoms with E-state index in [2.05, 4.69) is 6.92 Å². The van der Waals surface area contributed by atoms with Gasteiger partial charge in [0.15, 0.2) is 0 Å². The molecular formula is C16H18N2O. The first-order chi connectivity index (χ1) is 9.11. The van der Waals surface area contributed by atoms with Crippen LogP contribution in [0.25, 0.3) is 0 Å². The maximum atomic E-state index is 12.3. The second-order valence-electron chi connectivity index (χ2n) is 4.51. The molecule has 0 unspecified atom stereocenters. The average Bonchev–Trinajstić information content (AvgIpc) is 2.46. The van der Waals surface area contributed by atoms with E-state index in [1.54, 1.807) is 36.2 Å². The van der Waals surface area contributed by atoms with Crippen LogP contribution in [0.3, 0.4) is 0 Å². The van der Waals surface area contributed by atoms with Crippen LogP contribution in [0.1, 0.15) is 22.8 Å². The number of benzene rings is 2. The van der Waals surface area contributed by atoms with E-state index in [0.29, 0.717) is 11.3 Å². The molecule has 0 radical (unpaired) electrons. The number of nitrogens with two attached hydrogens (primary N) is 1. The molecule has 19 heavy (non-hydrogen) atoms. The predicted octanol–water partition coefficient (Wildman–Crippen LogP) is 3.11. The predicted molar refractivity (Wildman–Crippen MR) is 79.4 cm³/mol. The van der Waals surface area contributed by atoms with E-state index in [9.17, 15) is 4.79 Å². The SMILES string of the molecule is CCc1ccc(N(C)C(=O)c2ccc(N)cc2)cc1. The van der Waals surface area contributed by atoms with Crippen molar-refractivity contribution >= 4 is 17.3 Å². The Kier molecular flexibility index (Phi) is 3.85. The van der Waals surface area contributed by atoms with Crippen molar-refractivity contribution in [2.45, 2.75) is 13.3 Å². The van der Waals surface area contributed by atoms with Crippen molar-refractivity contribution in [1.29, 1.82) is 0 Å². The Balaban J connectivity index is 2.20. The molecule has 0 bridgehead atoms. The molecule has 0 fully saturated rings. The quantitative estimate of drug-likeness (QED) is 0.855. The summed E-state index contributed by atoms with van der Waals surface area (Å²) in [5.74, 6) is -0.0377. The van der Waals surface area contributed by atoms with E-state index >= 15 is 0 Å². The summed E-state index contributed by atoms with van der Waals surface area (Å²) in [7, 11) is 1.78. The lowest BCUT2D eigenvalue weighted by molar-refractivity contribution is 0.0993. The van der Waals surface area contributed by atoms with Crippen LogP contribution in [0.2, 0.25) is 0 Å². The van der Waals surface area contributed by atoms with Gasteiger partial charge in [-0.1, -0.05) is 19.1 Å². The van der Waals surface area contributed by atoms with E-state index in [1.807, 2.05) is 24.3 Å². The number of hydrogen-bond acceptors (Lipinski definition) is 2. The lowest BCUT2D eigenvalue weighted by Crippen LogP contribution is -2.26. The maximum absolute atomic E-state index is 12.3. The van der Waals surface area contributed by atoms with Crippen molar-refractivity contribution in [2.24, 2.45) is 0 Å². The number of nitrogen functional groups attached to an aromatic ring is 1. The van der Waals surface area contributed by atoms with E-state index in [1.165, 1.54) is 5.56 Å². The first-order valence-electron chi connectivity index (χ1n) is 6.34. The molecule has 2 N–H and O–H groups in total. The lowest BCUT2D eigenvalue weighted by Gasteiger charge is -2.17. The van der Waals surface area contributed by atoms with Gasteiger partial charge in [-0.25, -0.2) is 0 Å². The van der Waals surface area contributed by atoms with Gasteiger partial charge in [0.2, 0.25) is 0 Å². The third kappa shape index (κ3) is 2.94. The molecule has 0 saturated heterocycles. The monoisotopic (exact) mass is 254 g/mol. The molecule has 0 aliphatic heterocycles. The summed E-state index contributed by atoms with van der Waals surface area (Å²) in [5, 5.41) is 0. The topological polar surface area (TPSA) is 46.3 Å². The summed E-state index contributed by atoms with van der Waals surface area (Å²) < 4.78 is 0. The molecule has 2 rings (SSSR count). The number of aryl methyl sites for hydroxylation is 1. The Hall–Kier alpha value is -2.29. The van der Waals surface area contributed by atoms with Crippen LogP contribution < -0.4 is 10.6 Å². The number of carbonyl (C=O) groups excluding carboxylic acids is 1. The fraction of sp³-hybridized carbons (Fsp3) is 0.188. The van der Waals surface area contributed by atoms with Crippen LogP contribution in [-0.2, 0) is 6.42 Å². The van der Waals surface area contributed by atoms with Crippen LogP contribution in [-0.4, -0.2) is 13.0 Å². The molecule has 0 saturated carbocycles. The fourth-order valence-electron chi connectivity index (χ4n) is 1.89. The van der Waals surface area contributed by atoms with Crippen LogP contribution in [0.15, 0.2) is 48.5 Å². The normalized spacial score (nSPS) is 10.2. The molecule has 0 atom stereocenters. The highest BCUT2D eigenvalue weighted by Crippen LogP contribution is 2.17. The number of carbonyl (C=O) groups is 1. The molecule has 0 aromatic heterocycles. The fourth-order valence-corrected chi connectivity index (χ4v) is 1.89. The van der Waals surface area contributed by atoms with Gasteiger partial charge in [0.25, 0.3) is 5.91 Å². The smallest absolute Gasteiger partial charge is 0.258 e. The second-order valence-corrected chi connectivity index (χ2v) is 4.51. The molecule has 0 aliphatic rings. The van der Waals surface area contributed by atoms with Crippen LogP contribution in [0.5, 0.6) is 0 Å². The van der Waals surface area contributed by atoms with E-state index in [0.717, 1.165) is 12.1 Å². The van der Waals surface area contributed by atoms with Crippen molar-refractivity contribution in [3.05, 3.63) is 59.7 Å². The Morgan fingerprint density at radius 1 is 1.05 bits per heavy atom. The van der Waals surface area contributed by atoms with Crippen LogP contribution >= 0.6 is 0 Å². The van der Waals surface area contributed by atoms with Gasteiger partial charge in [0, 0.05) is 24.0 Å². The molecule has 2 aromatic rings. The van der Waals surface area contributed by atoms with Gasteiger partial charge in [0.1, 0.15) is 0 Å². The zero-order chi connectivity index (χ0) is 13.8. The minimum absolute atomic E-state index is 0.0377. The minimum atomic E-state index is -0.0377. The summed E-state index contributed by atoms with van der Waals surface area (Å²) in [5.41, 5.74) is 9.06. The summed E-state index contributed by atoms with van der Waals surface area (Å²) >= 11 is 0. The Labute approximate surface area is 113 Å². The molecule has 2 aromatic carbocycles. The zero-order valence-corrected chi connectivity index (χ0v) is 11.3. The van der Waals surface area contributed by atoms with Gasteiger partial charge in [-0.2, -0.15) is 0 Å². The molecule has 3 nitrogen and oxygen atoms in total. The first-order valence-corrected chi connectivity index (χ1v) is 6.34. The van der Waals surface area contributed by atoms with Gasteiger partial charge >= 0.3 is 0 Å². The second kappa shape index (κ2) is 5.57. The number of anilines is 2. The van der Waals surface area contributed by atoms with Gasteiger partial charge in [-0.05, 0) is 48.4 Å². The summed E-state index contributed by atoms with van der Waals surface area (Å²) in [6.45, 7) is 2.11. The molecule has 0 aliphatic carbocycles. The Morgan fingerprint density at radius 3 is 2.16 bits per heavy atom. The largest absolute Gasteiger partial charge is 0.399 e. The standard InChI is InChI=1S/C16H18N2O/c1-3-12-4-10-15(11-5-12)18(2)16(19)13-6-8-14(17)9-7-13/h4-11H,3,17H2,1-2H3. The summed E-state index contributed by atoms with van der Waals surface area (Å²) in [6.07, 6.45) is 0.996. The Bertz CT molecular complexity index is 558. The van der Waals surface area contributed by atoms with Crippen molar-refractivity contribution in [3.63, 3.8) is 0 Å². The van der Waals surface area contributed by atoms with Crippen LogP contribution in [0, 0.1) is 0 Å². The first kappa shape index (κ1) is 13.1. The van der Waals surface area contributed by atoms with Crippen molar-refractivity contribution in [2.75, 3.05) is 17.7 Å². The molecular weight excluding hydrogens is 236 g/mol. The lowest BCUT2D eigenvalue weighted by atomic mass is 10.1. The highest BCUT2D eigenvalue weighted by atomic mass is 16.2. The highest BCUT2D eigenvalue weighted by Gasteiger charge is 2.12. The van der Waals surface area contributed by atoms with Crippen LogP contribution in [0.4, 0.5) is 11.4 Å². The minimum Gasteiger partial charge on any atom is -0.399 e. The number of hydrogen-bond donors (Lipinski definition) is 1. The molecule has 1 amide bonds. The van der Waals surface area contributed by atoms with Gasteiger partial charge in [0.05, 0.1) is 0 Å². The zero-order valence-electron chi connectivity index (χ0n) is 11.3. The van der Waals surface area contributed by atoms with Gasteiger partial charge in [-0.3, -0.25) is 4.79 Å². The highest BCUT2D eigenvalue weighted by molar-refractivity contribution is 6.05. The third-order valence-electron chi connectivity index (χ3n) is 3.19. The number of amides is 1. The van der Waals surface area contributed by atoms with Gasteiger partial charge < -0.3 is 10.6 Å². The summed E-state index contributed by atoms with van der Waals surface area (Å²) in [4.78, 5) is 13.9. The maximum Gasteiger partial charge on any atom is 0.258 e. The molecule has 3 heteroatoms. The van der Waals surface area contributed by atoms with Crippen molar-refractivity contribution in [3.8, 4) is 0 Å². The summed E-state index contributed by atoms with van der Waals surface area (Å²) in [6, 6.07) is 15.0. The third-order valence-corrected chi connectivity index (χ3v) is 3.19. The number of nitrogens with zero attached hydrogens (tertiary/aromatic N) is 1. The van der Waals surface area contributed by atoms with Crippen molar-refractivity contribution in [1.82, 2.24) is 0 Å². The molecule has 98 valence electrons. The molecule has 0 heterocycles. The Morgan fingerprint density at radius 2 is 1.63 bits per heavy atom. The van der Waals surface area contributed by atoms with Crippen molar-refractivity contribution < 1.29 is 4.79 Å². The van der Waals surface area contributed by atoms with Gasteiger partial charge in [-0.15, -0.1) is 0 Å². The van der Waals surface area contributed by atoms with E-state index in [4.69, 9.17) is 5.73 Å². The van der Waals surface area contributed by atoms with E-state index < -0.39 is 0 Å². The molecule has 0 spiro atoms. The van der Waals surface area contributed by atoms with E-state index in [-0.39, 0.29) is 5.91 Å². The average molecular weight is 254 g/mol. The number of rotatable bonds is 3.